The number of aryl methyl sites for hydroxylation is 1. The summed E-state index contributed by atoms with van der Waals surface area (Å²) in [7, 11) is 1.67. The number of nitrogens with zero attached hydrogens (tertiary/aromatic N) is 5. The largest absolute Gasteiger partial charge is 0.489 e. The maximum Gasteiger partial charge on any atom is 0.324 e. The van der Waals surface area contributed by atoms with Crippen LogP contribution < -0.4 is 10.1 Å². The van der Waals surface area contributed by atoms with Crippen molar-refractivity contribution in [2.75, 3.05) is 25.0 Å². The Kier molecular flexibility index (Phi) is 6.33. The van der Waals surface area contributed by atoms with Gasteiger partial charge in [-0.25, -0.2) is 18.3 Å². The first-order chi connectivity index (χ1) is 16.9. The normalized spacial score (nSPS) is 19.2. The van der Waals surface area contributed by atoms with Gasteiger partial charge in [0, 0.05) is 26.1 Å². The Morgan fingerprint density at radius 3 is 2.63 bits per heavy atom. The van der Waals surface area contributed by atoms with Crippen LogP contribution in [0.2, 0.25) is 0 Å². The molecule has 1 atom stereocenters. The second-order valence-electron chi connectivity index (χ2n) is 9.04. The summed E-state index contributed by atoms with van der Waals surface area (Å²) in [6.07, 6.45) is 2.43. The smallest absolute Gasteiger partial charge is 0.324 e. The molecule has 9 nitrogen and oxygen atoms in total. The first kappa shape index (κ1) is 23.2. The van der Waals surface area contributed by atoms with Crippen LogP contribution >= 0.6 is 0 Å². The third-order valence-corrected chi connectivity index (χ3v) is 6.75. The monoisotopic (exact) mass is 484 g/mol. The molecule has 0 radical (unpaired) electrons. The Bertz CT molecular complexity index is 1190. The second-order valence-corrected chi connectivity index (χ2v) is 9.04. The average Bonchev–Trinajstić information content (AvgIpc) is 3.47. The minimum atomic E-state index is -0.884. The first-order valence-electron chi connectivity index (χ1n) is 11.5. The van der Waals surface area contributed by atoms with Crippen molar-refractivity contribution in [3.05, 3.63) is 65.2 Å². The number of likely N-dealkylation sites (tertiary alicyclic amines) is 1. The maximum atomic E-state index is 13.4. The second kappa shape index (κ2) is 9.57. The van der Waals surface area contributed by atoms with Crippen LogP contribution in [-0.2, 0) is 18.4 Å². The van der Waals surface area contributed by atoms with E-state index in [9.17, 15) is 13.6 Å². The highest BCUT2D eigenvalue weighted by molar-refractivity contribution is 5.87. The molecule has 0 bridgehead atoms. The molecule has 1 spiro atoms. The molecule has 3 heterocycles. The molecule has 2 aromatic carbocycles. The number of benzene rings is 2. The lowest BCUT2D eigenvalue weighted by Gasteiger charge is -2.38. The fourth-order valence-electron chi connectivity index (χ4n) is 4.67. The SMILES string of the molecule is Cn1nnnc1NC(=O)N1CCC2(CC1)C[C@@H](c1ccc(OCc3ccc(F)c(F)c3)cc1)CO2. The summed E-state index contributed by atoms with van der Waals surface area (Å²) >= 11 is 0. The number of carbonyl (C=O) groups is 1. The average molecular weight is 485 g/mol. The van der Waals surface area contributed by atoms with Crippen molar-refractivity contribution in [2.24, 2.45) is 7.05 Å². The quantitative estimate of drug-likeness (QED) is 0.594. The van der Waals surface area contributed by atoms with E-state index in [0.717, 1.165) is 37.0 Å². The molecule has 1 N–H and O–H groups in total. The van der Waals surface area contributed by atoms with Gasteiger partial charge in [-0.2, -0.15) is 0 Å². The van der Waals surface area contributed by atoms with Gasteiger partial charge in [0.2, 0.25) is 0 Å². The van der Waals surface area contributed by atoms with Crippen molar-refractivity contribution in [3.63, 3.8) is 0 Å². The van der Waals surface area contributed by atoms with E-state index in [-0.39, 0.29) is 24.2 Å². The number of tetrazole rings is 1. The Hall–Kier alpha value is -3.60. The van der Waals surface area contributed by atoms with Crippen molar-refractivity contribution in [2.45, 2.75) is 37.4 Å². The van der Waals surface area contributed by atoms with E-state index in [1.807, 2.05) is 24.3 Å². The summed E-state index contributed by atoms with van der Waals surface area (Å²) in [5.41, 5.74) is 1.50. The molecule has 0 aliphatic carbocycles. The van der Waals surface area contributed by atoms with E-state index in [4.69, 9.17) is 9.47 Å². The fraction of sp³-hybridized carbons (Fsp3) is 0.417. The van der Waals surface area contributed by atoms with Crippen LogP contribution in [0, 0.1) is 11.6 Å². The Morgan fingerprint density at radius 1 is 1.17 bits per heavy atom. The molecule has 2 fully saturated rings. The molecule has 0 unspecified atom stereocenters. The van der Waals surface area contributed by atoms with E-state index in [2.05, 4.69) is 20.8 Å². The molecule has 1 aromatic heterocycles. The third kappa shape index (κ3) is 5.09. The molecule has 3 aromatic rings. The number of nitrogens with one attached hydrogen (secondary N) is 1. The summed E-state index contributed by atoms with van der Waals surface area (Å²) in [5, 5.41) is 13.8. The number of anilines is 1. The van der Waals surface area contributed by atoms with E-state index < -0.39 is 11.6 Å². The van der Waals surface area contributed by atoms with Gasteiger partial charge in [0.05, 0.1) is 12.2 Å². The molecule has 2 saturated heterocycles. The third-order valence-electron chi connectivity index (χ3n) is 6.75. The van der Waals surface area contributed by atoms with Crippen molar-refractivity contribution in [1.29, 1.82) is 0 Å². The van der Waals surface area contributed by atoms with Gasteiger partial charge in [0.15, 0.2) is 11.6 Å². The highest BCUT2D eigenvalue weighted by Crippen LogP contribution is 2.43. The Morgan fingerprint density at radius 2 is 1.94 bits per heavy atom. The summed E-state index contributed by atoms with van der Waals surface area (Å²) in [6.45, 7) is 1.98. The standard InChI is InChI=1S/C24H26F2N6O3/c1-31-22(28-29-30-31)27-23(33)32-10-8-24(9-11-32)13-18(15-35-24)17-3-5-19(6-4-17)34-14-16-2-7-20(25)21(26)12-16/h2-7,12,18H,8-11,13-15H2,1H3,(H,27,28,30,33)/t18-/m1/s1. The van der Waals surface area contributed by atoms with Crippen LogP contribution in [-0.4, -0.2) is 56.4 Å². The topological polar surface area (TPSA) is 94.4 Å². The van der Waals surface area contributed by atoms with Crippen LogP contribution in [0.4, 0.5) is 19.5 Å². The molecular weight excluding hydrogens is 458 g/mol. The van der Waals surface area contributed by atoms with Gasteiger partial charge in [-0.05, 0) is 65.1 Å². The Labute approximate surface area is 201 Å². The number of hydrogen-bond acceptors (Lipinski definition) is 6. The number of rotatable bonds is 5. The number of aromatic nitrogens is 4. The fourth-order valence-corrected chi connectivity index (χ4v) is 4.67. The lowest BCUT2D eigenvalue weighted by Crippen LogP contribution is -2.48. The Balaban J connectivity index is 1.12. The van der Waals surface area contributed by atoms with Crippen LogP contribution in [0.15, 0.2) is 42.5 Å². The molecule has 35 heavy (non-hydrogen) atoms. The van der Waals surface area contributed by atoms with Gasteiger partial charge in [-0.3, -0.25) is 5.32 Å². The molecule has 184 valence electrons. The van der Waals surface area contributed by atoms with Crippen molar-refractivity contribution in [1.82, 2.24) is 25.1 Å². The number of piperidine rings is 1. The first-order valence-corrected chi connectivity index (χ1v) is 11.5. The number of ether oxygens (including phenoxy) is 2. The predicted molar refractivity (Wildman–Crippen MR) is 122 cm³/mol. The van der Waals surface area contributed by atoms with Crippen LogP contribution in [0.25, 0.3) is 0 Å². The van der Waals surface area contributed by atoms with Gasteiger partial charge in [0.1, 0.15) is 12.4 Å². The molecule has 2 aliphatic rings. The summed E-state index contributed by atoms with van der Waals surface area (Å²) in [5.74, 6) is -0.525. The lowest BCUT2D eigenvalue weighted by atomic mass is 9.83. The van der Waals surface area contributed by atoms with Gasteiger partial charge >= 0.3 is 6.03 Å². The summed E-state index contributed by atoms with van der Waals surface area (Å²) < 4.78 is 39.8. The van der Waals surface area contributed by atoms with Crippen molar-refractivity contribution < 1.29 is 23.0 Å². The molecule has 0 saturated carbocycles. The zero-order chi connectivity index (χ0) is 24.4. The van der Waals surface area contributed by atoms with E-state index >= 15 is 0 Å². The van der Waals surface area contributed by atoms with Crippen LogP contribution in [0.5, 0.6) is 5.75 Å². The number of halogens is 2. The highest BCUT2D eigenvalue weighted by atomic mass is 19.2. The zero-order valence-corrected chi connectivity index (χ0v) is 19.3. The lowest BCUT2D eigenvalue weighted by molar-refractivity contribution is -0.0355. The zero-order valence-electron chi connectivity index (χ0n) is 19.3. The molecule has 11 heteroatoms. The minimum absolute atomic E-state index is 0.156. The number of amides is 2. The van der Waals surface area contributed by atoms with Gasteiger partial charge in [-0.1, -0.05) is 23.3 Å². The van der Waals surface area contributed by atoms with Gasteiger partial charge in [-0.15, -0.1) is 0 Å². The maximum absolute atomic E-state index is 13.4. The van der Waals surface area contributed by atoms with E-state index in [0.29, 0.717) is 37.0 Å². The summed E-state index contributed by atoms with van der Waals surface area (Å²) in [4.78, 5) is 14.3. The van der Waals surface area contributed by atoms with E-state index in [1.165, 1.54) is 10.7 Å². The van der Waals surface area contributed by atoms with Crippen LogP contribution in [0.1, 0.15) is 36.3 Å². The van der Waals surface area contributed by atoms with Crippen LogP contribution in [0.3, 0.4) is 0 Å². The highest BCUT2D eigenvalue weighted by Gasteiger charge is 2.43. The molecular formula is C24H26F2N6O3. The van der Waals surface area contributed by atoms with Crippen molar-refractivity contribution in [3.8, 4) is 5.75 Å². The molecule has 2 amide bonds. The molecule has 5 rings (SSSR count). The number of carbonyl (C=O) groups excluding carboxylic acids is 1. The number of urea groups is 1. The minimum Gasteiger partial charge on any atom is -0.489 e. The molecule has 2 aliphatic heterocycles. The summed E-state index contributed by atoms with van der Waals surface area (Å²) in [6, 6.07) is 11.3. The van der Waals surface area contributed by atoms with Gasteiger partial charge < -0.3 is 14.4 Å². The van der Waals surface area contributed by atoms with Gasteiger partial charge in [0.25, 0.3) is 5.95 Å². The predicted octanol–water partition coefficient (Wildman–Crippen LogP) is 3.64. The number of hydrogen-bond donors (Lipinski definition) is 1. The van der Waals surface area contributed by atoms with Crippen molar-refractivity contribution >= 4 is 12.0 Å². The van der Waals surface area contributed by atoms with E-state index in [1.54, 1.807) is 11.9 Å².